The molecule has 0 unspecified atom stereocenters. The van der Waals surface area contributed by atoms with Crippen LogP contribution in [0.5, 0.6) is 5.75 Å². The fraction of sp³-hybridized carbons (Fsp3) is 0.571. The number of ether oxygens (including phenoxy) is 2. The summed E-state index contributed by atoms with van der Waals surface area (Å²) in [6.45, 7) is 8.49. The van der Waals surface area contributed by atoms with Crippen molar-refractivity contribution in [1.82, 2.24) is 5.32 Å². The van der Waals surface area contributed by atoms with Crippen molar-refractivity contribution in [2.24, 2.45) is 5.41 Å². The third-order valence-corrected chi connectivity index (χ3v) is 7.47. The van der Waals surface area contributed by atoms with E-state index in [-0.39, 0.29) is 12.0 Å². The smallest absolute Gasteiger partial charge is 0.132 e. The van der Waals surface area contributed by atoms with Crippen LogP contribution >= 0.6 is 11.8 Å². The summed E-state index contributed by atoms with van der Waals surface area (Å²) >= 11 is 1.31. The van der Waals surface area contributed by atoms with E-state index >= 15 is 0 Å². The molecule has 1 heterocycles. The molecule has 0 radical (unpaired) electrons. The number of hydrogen-bond acceptors (Lipinski definition) is 8. The summed E-state index contributed by atoms with van der Waals surface area (Å²) in [4.78, 5) is 0. The van der Waals surface area contributed by atoms with Crippen LogP contribution in [-0.2, 0) is 11.2 Å². The largest absolute Gasteiger partial charge is 0.494 e. The van der Waals surface area contributed by atoms with Crippen LogP contribution in [0, 0.1) is 12.3 Å². The predicted molar refractivity (Wildman–Crippen MR) is 143 cm³/mol. The topological polar surface area (TPSA) is 111 Å². The summed E-state index contributed by atoms with van der Waals surface area (Å²) < 4.78 is 11.8. The van der Waals surface area contributed by atoms with E-state index < -0.39 is 29.9 Å². The average Bonchev–Trinajstić information content (AvgIpc) is 2.87. The van der Waals surface area contributed by atoms with Gasteiger partial charge in [-0.2, -0.15) is 0 Å². The van der Waals surface area contributed by atoms with Crippen LogP contribution in [0.15, 0.2) is 42.5 Å². The molecule has 2 aromatic rings. The zero-order valence-corrected chi connectivity index (χ0v) is 22.5. The zero-order chi connectivity index (χ0) is 26.3. The van der Waals surface area contributed by atoms with E-state index in [2.05, 4.69) is 17.4 Å². The molecular weight excluding hydrogens is 478 g/mol. The first-order chi connectivity index (χ1) is 17.1. The maximum Gasteiger partial charge on any atom is 0.132 e. The number of hydrogen-bond donors (Lipinski definition) is 5. The first kappa shape index (κ1) is 28.9. The quantitative estimate of drug-likeness (QED) is 0.272. The minimum absolute atomic E-state index is 0.113. The van der Waals surface area contributed by atoms with Gasteiger partial charge in [0, 0.05) is 18.6 Å². The highest BCUT2D eigenvalue weighted by molar-refractivity contribution is 7.99. The lowest BCUT2D eigenvalue weighted by Crippen LogP contribution is -2.52. The van der Waals surface area contributed by atoms with Gasteiger partial charge in [-0.15, -0.1) is 11.8 Å². The Morgan fingerprint density at radius 1 is 1.03 bits per heavy atom. The van der Waals surface area contributed by atoms with Gasteiger partial charge in [0.15, 0.2) is 0 Å². The summed E-state index contributed by atoms with van der Waals surface area (Å²) in [6, 6.07) is 14.0. The van der Waals surface area contributed by atoms with Gasteiger partial charge in [-0.05, 0) is 67.0 Å². The molecule has 0 aromatic heterocycles. The van der Waals surface area contributed by atoms with Crippen LogP contribution < -0.4 is 10.1 Å². The Morgan fingerprint density at radius 2 is 1.75 bits per heavy atom. The van der Waals surface area contributed by atoms with Crippen molar-refractivity contribution < 1.29 is 29.9 Å². The van der Waals surface area contributed by atoms with Crippen LogP contribution in [0.4, 0.5) is 0 Å². The number of rotatable bonds is 12. The van der Waals surface area contributed by atoms with Crippen LogP contribution in [-0.4, -0.2) is 76.7 Å². The third kappa shape index (κ3) is 7.68. The van der Waals surface area contributed by atoms with Crippen molar-refractivity contribution in [2.75, 3.05) is 32.6 Å². The van der Waals surface area contributed by atoms with Crippen molar-refractivity contribution in [1.29, 1.82) is 0 Å². The molecule has 7 nitrogen and oxygen atoms in total. The summed E-state index contributed by atoms with van der Waals surface area (Å²) in [5, 5.41) is 43.6. The Bertz CT molecular complexity index is 952. The fourth-order valence-corrected chi connectivity index (χ4v) is 4.84. The number of benzene rings is 2. The highest BCUT2D eigenvalue weighted by Crippen LogP contribution is 2.36. The number of thioether (sulfide) groups is 1. The first-order valence-corrected chi connectivity index (χ1v) is 13.8. The van der Waals surface area contributed by atoms with E-state index in [0.29, 0.717) is 13.0 Å². The molecule has 5 N–H and O–H groups in total. The molecule has 0 spiro atoms. The summed E-state index contributed by atoms with van der Waals surface area (Å²) in [6.07, 6.45) is -0.905. The van der Waals surface area contributed by atoms with Gasteiger partial charge < -0.3 is 35.2 Å². The molecule has 0 saturated carbocycles. The Kier molecular flexibility index (Phi) is 10.6. The second kappa shape index (κ2) is 13.2. The minimum Gasteiger partial charge on any atom is -0.494 e. The number of aliphatic hydroxyl groups excluding tert-OH is 4. The first-order valence-electron chi connectivity index (χ1n) is 12.5. The number of aliphatic hydroxyl groups is 4. The van der Waals surface area contributed by atoms with Gasteiger partial charge in [-0.3, -0.25) is 0 Å². The van der Waals surface area contributed by atoms with Gasteiger partial charge >= 0.3 is 0 Å². The van der Waals surface area contributed by atoms with Crippen molar-refractivity contribution in [3.05, 3.63) is 64.7 Å². The van der Waals surface area contributed by atoms with Crippen LogP contribution in [0.1, 0.15) is 48.6 Å². The van der Waals surface area contributed by atoms with E-state index in [4.69, 9.17) is 9.47 Å². The number of aryl methyl sites for hydroxylation is 1. The van der Waals surface area contributed by atoms with Gasteiger partial charge in [0.2, 0.25) is 0 Å². The van der Waals surface area contributed by atoms with Crippen molar-refractivity contribution in [3.63, 3.8) is 0 Å². The predicted octanol–water partition coefficient (Wildman–Crippen LogP) is 2.81. The molecule has 0 aliphatic carbocycles. The molecular formula is C28H41NO6S. The zero-order valence-electron chi connectivity index (χ0n) is 21.7. The van der Waals surface area contributed by atoms with E-state index in [0.717, 1.165) is 47.5 Å². The molecule has 0 bridgehead atoms. The molecule has 1 aliphatic heterocycles. The van der Waals surface area contributed by atoms with E-state index in [1.54, 1.807) is 6.26 Å². The maximum atomic E-state index is 10.5. The Hall–Kier alpha value is -1.65. The monoisotopic (exact) mass is 519 g/mol. The van der Waals surface area contributed by atoms with Crippen LogP contribution in [0.25, 0.3) is 0 Å². The van der Waals surface area contributed by atoms with Gasteiger partial charge in [0.05, 0.1) is 6.61 Å². The molecule has 3 rings (SSSR count). The normalized spacial score (nSPS) is 24.6. The maximum absolute atomic E-state index is 10.5. The highest BCUT2D eigenvalue weighted by Gasteiger charge is 2.44. The number of nitrogens with one attached hydrogen (secondary N) is 1. The average molecular weight is 520 g/mol. The lowest BCUT2D eigenvalue weighted by Gasteiger charge is -2.40. The summed E-state index contributed by atoms with van der Waals surface area (Å²) in [5.41, 5.74) is 3.44. The van der Waals surface area contributed by atoms with Gasteiger partial charge in [-0.25, -0.2) is 0 Å². The van der Waals surface area contributed by atoms with E-state index in [9.17, 15) is 20.4 Å². The molecule has 2 aromatic carbocycles. The van der Waals surface area contributed by atoms with E-state index in [1.807, 2.05) is 51.1 Å². The van der Waals surface area contributed by atoms with Gasteiger partial charge in [0.25, 0.3) is 0 Å². The minimum atomic E-state index is -1.26. The van der Waals surface area contributed by atoms with Crippen LogP contribution in [0.3, 0.4) is 0 Å². The SMILES string of the molecule is CS[C@H]1O[C@@H](c2ccc(C)c(Cc3ccc(OCCCNCC(C)(C)CO)cc3)c2)[C@H](O)[C@@H](O)[C@@H]1O. The molecule has 1 saturated heterocycles. The fourth-order valence-electron chi connectivity index (χ4n) is 4.17. The molecule has 200 valence electrons. The molecule has 8 heteroatoms. The van der Waals surface area contributed by atoms with Gasteiger partial charge in [0.1, 0.15) is 35.6 Å². The third-order valence-electron chi connectivity index (χ3n) is 6.62. The molecule has 5 atom stereocenters. The van der Waals surface area contributed by atoms with Crippen molar-refractivity contribution in [3.8, 4) is 5.75 Å². The Morgan fingerprint density at radius 3 is 2.42 bits per heavy atom. The second-order valence-electron chi connectivity index (χ2n) is 10.3. The van der Waals surface area contributed by atoms with Crippen molar-refractivity contribution >= 4 is 11.8 Å². The lowest BCUT2D eigenvalue weighted by atomic mass is 9.91. The van der Waals surface area contributed by atoms with E-state index in [1.165, 1.54) is 11.8 Å². The Labute approximate surface area is 218 Å². The molecule has 1 aliphatic rings. The standard InChI is InChI=1S/C28H41NO6S/c1-18-6-9-20(26-24(32)23(31)25(33)27(35-26)36-4)15-21(18)14-19-7-10-22(11-8-19)34-13-5-12-29-16-28(2,3)17-30/h6-11,15,23-27,29-33H,5,12-14,16-17H2,1-4H3/t23-,24-,25+,26+,27-/m1/s1. The summed E-state index contributed by atoms with van der Waals surface area (Å²) in [7, 11) is 0. The van der Waals surface area contributed by atoms with Crippen LogP contribution in [0.2, 0.25) is 0 Å². The summed E-state index contributed by atoms with van der Waals surface area (Å²) in [5.74, 6) is 0.828. The molecule has 36 heavy (non-hydrogen) atoms. The lowest BCUT2D eigenvalue weighted by molar-refractivity contribution is -0.200. The second-order valence-corrected chi connectivity index (χ2v) is 11.3. The molecule has 0 amide bonds. The Balaban J connectivity index is 1.56. The molecule has 1 fully saturated rings. The van der Waals surface area contributed by atoms with Crippen molar-refractivity contribution in [2.45, 2.75) is 63.5 Å². The van der Waals surface area contributed by atoms with Gasteiger partial charge in [-0.1, -0.05) is 44.2 Å². The highest BCUT2D eigenvalue weighted by atomic mass is 32.2.